The maximum absolute atomic E-state index is 12.0. The predicted octanol–water partition coefficient (Wildman–Crippen LogP) is 4.24. The Kier molecular flexibility index (Phi) is 5.43. The summed E-state index contributed by atoms with van der Waals surface area (Å²) in [6.07, 6.45) is 4.65. The standard InChI is InChI=1S/C19H16ClNO5/c1-3-7-25-17-13(20)9-12(11-16(17)23-4-2)10-14-19(22)26-18(21-14)15-6-5-8-24-15/h3,5-6,8-11H,1,4,7H2,2H3/b14-10-. The predicted molar refractivity (Wildman–Crippen MR) is 97.6 cm³/mol. The van der Waals surface area contributed by atoms with Crippen LogP contribution in [0.3, 0.4) is 0 Å². The SMILES string of the molecule is C=CCOc1c(Cl)cc(/C=C2\N=C(c3ccco3)OC2=O)cc1OCC. The van der Waals surface area contributed by atoms with Gasteiger partial charge in [-0.1, -0.05) is 24.3 Å². The van der Waals surface area contributed by atoms with Crippen LogP contribution in [0.4, 0.5) is 0 Å². The number of carbonyl (C=O) groups excluding carboxylic acids is 1. The number of hydrogen-bond acceptors (Lipinski definition) is 6. The highest BCUT2D eigenvalue weighted by atomic mass is 35.5. The van der Waals surface area contributed by atoms with E-state index in [0.717, 1.165) is 0 Å². The first-order valence-electron chi connectivity index (χ1n) is 7.88. The first-order valence-corrected chi connectivity index (χ1v) is 8.26. The summed E-state index contributed by atoms with van der Waals surface area (Å²) in [6, 6.07) is 6.71. The van der Waals surface area contributed by atoms with E-state index in [9.17, 15) is 4.79 Å². The van der Waals surface area contributed by atoms with Gasteiger partial charge >= 0.3 is 5.97 Å². The zero-order chi connectivity index (χ0) is 18.5. The van der Waals surface area contributed by atoms with Crippen LogP contribution in [0.1, 0.15) is 18.2 Å². The Morgan fingerprint density at radius 1 is 1.35 bits per heavy atom. The summed E-state index contributed by atoms with van der Waals surface area (Å²) < 4.78 is 21.5. The van der Waals surface area contributed by atoms with Crippen molar-refractivity contribution in [1.82, 2.24) is 0 Å². The molecule has 0 atom stereocenters. The Labute approximate surface area is 155 Å². The number of furan rings is 1. The van der Waals surface area contributed by atoms with Crippen LogP contribution in [-0.4, -0.2) is 25.1 Å². The van der Waals surface area contributed by atoms with Crippen LogP contribution in [-0.2, 0) is 9.53 Å². The Morgan fingerprint density at radius 3 is 2.88 bits per heavy atom. The van der Waals surface area contributed by atoms with Crippen molar-refractivity contribution in [2.45, 2.75) is 6.92 Å². The molecular formula is C19H16ClNO5. The van der Waals surface area contributed by atoms with Crippen molar-refractivity contribution in [2.24, 2.45) is 4.99 Å². The van der Waals surface area contributed by atoms with E-state index in [1.165, 1.54) is 6.26 Å². The monoisotopic (exact) mass is 373 g/mol. The highest BCUT2D eigenvalue weighted by Crippen LogP contribution is 2.37. The molecule has 1 aliphatic rings. The van der Waals surface area contributed by atoms with Gasteiger partial charge in [-0.05, 0) is 42.8 Å². The number of nitrogens with zero attached hydrogens (tertiary/aromatic N) is 1. The van der Waals surface area contributed by atoms with Gasteiger partial charge in [-0.2, -0.15) is 0 Å². The molecule has 0 bridgehead atoms. The summed E-state index contributed by atoms with van der Waals surface area (Å²) in [5.74, 6) is 0.813. The minimum atomic E-state index is -0.572. The number of cyclic esters (lactones) is 1. The Morgan fingerprint density at radius 2 is 2.19 bits per heavy atom. The van der Waals surface area contributed by atoms with E-state index in [1.54, 1.807) is 36.4 Å². The van der Waals surface area contributed by atoms with Gasteiger partial charge < -0.3 is 18.6 Å². The summed E-state index contributed by atoms with van der Waals surface area (Å²) >= 11 is 6.30. The summed E-state index contributed by atoms with van der Waals surface area (Å²) in [7, 11) is 0. The van der Waals surface area contributed by atoms with E-state index in [1.807, 2.05) is 6.92 Å². The molecule has 0 saturated carbocycles. The maximum Gasteiger partial charge on any atom is 0.363 e. The molecule has 1 aliphatic heterocycles. The van der Waals surface area contributed by atoms with Crippen LogP contribution in [0, 0.1) is 0 Å². The van der Waals surface area contributed by atoms with Gasteiger partial charge in [0.1, 0.15) is 6.61 Å². The molecule has 7 heteroatoms. The second-order valence-corrected chi connectivity index (χ2v) is 5.58. The molecule has 1 aromatic carbocycles. The number of esters is 1. The first kappa shape index (κ1) is 17.8. The molecule has 26 heavy (non-hydrogen) atoms. The van der Waals surface area contributed by atoms with Crippen LogP contribution in [0.15, 0.2) is 58.3 Å². The molecule has 0 unspecified atom stereocenters. The lowest BCUT2D eigenvalue weighted by atomic mass is 10.1. The molecule has 2 aromatic rings. The molecule has 1 aromatic heterocycles. The average molecular weight is 374 g/mol. The number of hydrogen-bond donors (Lipinski definition) is 0. The maximum atomic E-state index is 12.0. The van der Waals surface area contributed by atoms with Crippen molar-refractivity contribution in [2.75, 3.05) is 13.2 Å². The zero-order valence-corrected chi connectivity index (χ0v) is 14.8. The minimum Gasteiger partial charge on any atom is -0.490 e. The highest BCUT2D eigenvalue weighted by molar-refractivity contribution is 6.32. The molecule has 0 fully saturated rings. The van der Waals surface area contributed by atoms with Crippen LogP contribution < -0.4 is 9.47 Å². The molecule has 0 aliphatic carbocycles. The summed E-state index contributed by atoms with van der Waals surface area (Å²) in [5.41, 5.74) is 0.760. The largest absolute Gasteiger partial charge is 0.490 e. The molecule has 6 nitrogen and oxygen atoms in total. The molecule has 0 saturated heterocycles. The van der Waals surface area contributed by atoms with Crippen molar-refractivity contribution >= 4 is 29.5 Å². The van der Waals surface area contributed by atoms with E-state index in [4.69, 9.17) is 30.2 Å². The van der Waals surface area contributed by atoms with Crippen LogP contribution in [0.2, 0.25) is 5.02 Å². The molecule has 2 heterocycles. The Hall–Kier alpha value is -2.99. The van der Waals surface area contributed by atoms with Crippen LogP contribution >= 0.6 is 11.6 Å². The van der Waals surface area contributed by atoms with Gasteiger partial charge in [-0.25, -0.2) is 9.79 Å². The van der Waals surface area contributed by atoms with Gasteiger partial charge in [0.15, 0.2) is 23.0 Å². The van der Waals surface area contributed by atoms with E-state index >= 15 is 0 Å². The van der Waals surface area contributed by atoms with Gasteiger partial charge in [0.25, 0.3) is 5.90 Å². The minimum absolute atomic E-state index is 0.119. The van der Waals surface area contributed by atoms with Crippen molar-refractivity contribution < 1.29 is 23.4 Å². The Bertz CT molecular complexity index is 884. The lowest BCUT2D eigenvalue weighted by molar-refractivity contribution is -0.130. The number of halogens is 1. The van der Waals surface area contributed by atoms with Gasteiger partial charge in [0.05, 0.1) is 17.9 Å². The summed E-state index contributed by atoms with van der Waals surface area (Å²) in [6.45, 7) is 6.19. The molecular weight excluding hydrogens is 358 g/mol. The molecule has 3 rings (SSSR count). The van der Waals surface area contributed by atoms with Gasteiger partial charge in [0.2, 0.25) is 0 Å². The van der Waals surface area contributed by atoms with Gasteiger partial charge in [-0.3, -0.25) is 0 Å². The highest BCUT2D eigenvalue weighted by Gasteiger charge is 2.26. The van der Waals surface area contributed by atoms with Crippen molar-refractivity contribution in [1.29, 1.82) is 0 Å². The summed E-state index contributed by atoms with van der Waals surface area (Å²) in [4.78, 5) is 16.2. The zero-order valence-electron chi connectivity index (χ0n) is 14.0. The van der Waals surface area contributed by atoms with Crippen molar-refractivity contribution in [3.05, 3.63) is 65.2 Å². The van der Waals surface area contributed by atoms with E-state index in [0.29, 0.717) is 41.1 Å². The third-order valence-electron chi connectivity index (χ3n) is 3.33. The normalized spacial score (nSPS) is 14.9. The van der Waals surface area contributed by atoms with E-state index < -0.39 is 5.97 Å². The fourth-order valence-corrected chi connectivity index (χ4v) is 2.56. The molecule has 0 N–H and O–H groups in total. The summed E-state index contributed by atoms with van der Waals surface area (Å²) in [5, 5.41) is 0.353. The third-order valence-corrected chi connectivity index (χ3v) is 3.61. The van der Waals surface area contributed by atoms with Crippen LogP contribution in [0.5, 0.6) is 11.5 Å². The van der Waals surface area contributed by atoms with Gasteiger partial charge in [0, 0.05) is 0 Å². The third kappa shape index (κ3) is 3.81. The second kappa shape index (κ2) is 7.93. The number of aliphatic imine (C=N–C) groups is 1. The smallest absolute Gasteiger partial charge is 0.363 e. The van der Waals surface area contributed by atoms with Gasteiger partial charge in [-0.15, -0.1) is 0 Å². The molecule has 0 radical (unpaired) electrons. The first-order chi connectivity index (χ1) is 12.6. The number of ether oxygens (including phenoxy) is 3. The quantitative estimate of drug-likeness (QED) is 0.412. The number of rotatable bonds is 7. The fraction of sp³-hybridized carbons (Fsp3) is 0.158. The molecule has 0 spiro atoms. The molecule has 0 amide bonds. The fourth-order valence-electron chi connectivity index (χ4n) is 2.29. The van der Waals surface area contributed by atoms with Crippen LogP contribution in [0.25, 0.3) is 6.08 Å². The number of benzene rings is 1. The van der Waals surface area contributed by atoms with E-state index in [2.05, 4.69) is 11.6 Å². The topological polar surface area (TPSA) is 70.3 Å². The second-order valence-electron chi connectivity index (χ2n) is 5.18. The number of carbonyl (C=O) groups is 1. The lowest BCUT2D eigenvalue weighted by Gasteiger charge is -2.13. The lowest BCUT2D eigenvalue weighted by Crippen LogP contribution is -2.04. The average Bonchev–Trinajstić information content (AvgIpc) is 3.25. The molecule has 134 valence electrons. The Balaban J connectivity index is 1.95. The van der Waals surface area contributed by atoms with Crippen molar-refractivity contribution in [3.8, 4) is 11.5 Å². The van der Waals surface area contributed by atoms with E-state index in [-0.39, 0.29) is 11.6 Å². The van der Waals surface area contributed by atoms with Crippen molar-refractivity contribution in [3.63, 3.8) is 0 Å².